The molecule has 0 bridgehead atoms. The highest BCUT2D eigenvalue weighted by Crippen LogP contribution is 2.00. The van der Waals surface area contributed by atoms with Gasteiger partial charge in [0.25, 0.3) is 0 Å². The summed E-state index contributed by atoms with van der Waals surface area (Å²) in [6.07, 6.45) is 2.21. The Kier molecular flexibility index (Phi) is 4.32. The molecule has 86 valence electrons. The molecule has 0 atom stereocenters. The molecule has 0 unspecified atom stereocenters. The van der Waals surface area contributed by atoms with E-state index < -0.39 is 0 Å². The minimum Gasteiger partial charge on any atom is -0.271 e. The van der Waals surface area contributed by atoms with E-state index in [0.717, 1.165) is 24.2 Å². The van der Waals surface area contributed by atoms with Crippen molar-refractivity contribution in [2.24, 2.45) is 12.0 Å². The summed E-state index contributed by atoms with van der Waals surface area (Å²) in [5.41, 5.74) is 0.0326. The second-order valence-corrected chi connectivity index (χ2v) is 4.81. The quantitative estimate of drug-likeness (QED) is 0.722. The second kappa shape index (κ2) is 5.30. The van der Waals surface area contributed by atoms with Crippen LogP contribution in [0.2, 0.25) is 0 Å². The Morgan fingerprint density at radius 3 is 2.60 bits per heavy atom. The molecule has 0 N–H and O–H groups in total. The summed E-state index contributed by atoms with van der Waals surface area (Å²) in [4.78, 5) is 17.0. The molecule has 0 amide bonds. The molecule has 1 aromatic rings. The Morgan fingerprint density at radius 2 is 2.13 bits per heavy atom. The number of rotatable bonds is 4. The molecular formula is C10H19N3OS. The predicted octanol–water partition coefficient (Wildman–Crippen LogP) is 1.53. The number of hydrogen-bond acceptors (Lipinski definition) is 3. The van der Waals surface area contributed by atoms with Gasteiger partial charge in [-0.3, -0.25) is 9.56 Å². The van der Waals surface area contributed by atoms with Gasteiger partial charge in [0.1, 0.15) is 0 Å². The van der Waals surface area contributed by atoms with E-state index in [1.54, 1.807) is 15.6 Å². The topological polar surface area (TPSA) is 39.3 Å². The first kappa shape index (κ1) is 12.2. The van der Waals surface area contributed by atoms with Gasteiger partial charge in [-0.25, -0.2) is 8.75 Å². The van der Waals surface area contributed by atoms with E-state index in [-0.39, 0.29) is 11.7 Å². The Hall–Kier alpha value is -0.840. The van der Waals surface area contributed by atoms with Gasteiger partial charge in [0.05, 0.1) is 0 Å². The lowest BCUT2D eigenvalue weighted by Gasteiger charge is -2.00. The Morgan fingerprint density at radius 1 is 1.47 bits per heavy atom. The molecule has 0 aromatic carbocycles. The summed E-state index contributed by atoms with van der Waals surface area (Å²) in [7, 11) is 1.78. The van der Waals surface area contributed by atoms with Crippen molar-refractivity contribution < 1.29 is 0 Å². The SMILES string of the molecule is CCCCN=c1sn(C(C)C)c(=O)n1C. The highest BCUT2D eigenvalue weighted by atomic mass is 32.1. The Bertz CT molecular complexity index is 425. The van der Waals surface area contributed by atoms with Crippen molar-refractivity contribution in [2.75, 3.05) is 6.54 Å². The summed E-state index contributed by atoms with van der Waals surface area (Å²) in [5, 5.41) is 0. The van der Waals surface area contributed by atoms with Crippen LogP contribution >= 0.6 is 11.5 Å². The van der Waals surface area contributed by atoms with Crippen molar-refractivity contribution in [1.29, 1.82) is 0 Å². The maximum absolute atomic E-state index is 11.7. The molecule has 0 aliphatic heterocycles. The molecule has 1 heterocycles. The summed E-state index contributed by atoms with van der Waals surface area (Å²) < 4.78 is 3.38. The summed E-state index contributed by atoms with van der Waals surface area (Å²) >= 11 is 1.45. The highest BCUT2D eigenvalue weighted by molar-refractivity contribution is 7.03. The van der Waals surface area contributed by atoms with E-state index in [2.05, 4.69) is 11.9 Å². The minimum atomic E-state index is 0.0326. The van der Waals surface area contributed by atoms with Crippen molar-refractivity contribution in [2.45, 2.75) is 39.7 Å². The third-order valence-electron chi connectivity index (χ3n) is 2.17. The van der Waals surface area contributed by atoms with Crippen LogP contribution in [0.15, 0.2) is 9.79 Å². The number of aromatic nitrogens is 2. The van der Waals surface area contributed by atoms with Crippen LogP contribution in [0, 0.1) is 0 Å². The monoisotopic (exact) mass is 229 g/mol. The van der Waals surface area contributed by atoms with Crippen LogP contribution in [0.25, 0.3) is 0 Å². The van der Waals surface area contributed by atoms with Crippen molar-refractivity contribution in [3.8, 4) is 0 Å². The van der Waals surface area contributed by atoms with Crippen molar-refractivity contribution in [1.82, 2.24) is 8.52 Å². The van der Waals surface area contributed by atoms with Crippen LogP contribution in [0.5, 0.6) is 0 Å². The zero-order chi connectivity index (χ0) is 11.4. The fraction of sp³-hybridized carbons (Fsp3) is 0.800. The zero-order valence-corrected chi connectivity index (χ0v) is 10.7. The van der Waals surface area contributed by atoms with Crippen LogP contribution in [0.3, 0.4) is 0 Å². The van der Waals surface area contributed by atoms with Gasteiger partial charge in [0.15, 0.2) is 0 Å². The molecule has 0 radical (unpaired) electrons. The highest BCUT2D eigenvalue weighted by Gasteiger charge is 2.07. The fourth-order valence-corrected chi connectivity index (χ4v) is 2.15. The van der Waals surface area contributed by atoms with E-state index in [1.807, 2.05) is 13.8 Å². The van der Waals surface area contributed by atoms with Crippen molar-refractivity contribution >= 4 is 11.5 Å². The number of hydrogen-bond donors (Lipinski definition) is 0. The average molecular weight is 229 g/mol. The molecule has 0 fully saturated rings. The first-order valence-corrected chi connectivity index (χ1v) is 6.14. The van der Waals surface area contributed by atoms with Gasteiger partial charge < -0.3 is 0 Å². The second-order valence-electron chi connectivity index (χ2n) is 3.87. The van der Waals surface area contributed by atoms with Crippen LogP contribution in [0.4, 0.5) is 0 Å². The molecule has 1 rings (SSSR count). The summed E-state index contributed by atoms with van der Waals surface area (Å²) in [5.74, 6) is 0. The molecule has 0 saturated carbocycles. The maximum Gasteiger partial charge on any atom is 0.339 e. The van der Waals surface area contributed by atoms with Crippen molar-refractivity contribution in [3.05, 3.63) is 15.3 Å². The lowest BCUT2D eigenvalue weighted by atomic mass is 10.3. The lowest BCUT2D eigenvalue weighted by Crippen LogP contribution is -2.27. The first-order chi connectivity index (χ1) is 7.07. The molecule has 4 nitrogen and oxygen atoms in total. The largest absolute Gasteiger partial charge is 0.339 e. The van der Waals surface area contributed by atoms with E-state index in [9.17, 15) is 4.79 Å². The van der Waals surface area contributed by atoms with E-state index in [4.69, 9.17) is 0 Å². The van der Waals surface area contributed by atoms with Crippen LogP contribution in [0.1, 0.15) is 39.7 Å². The van der Waals surface area contributed by atoms with E-state index >= 15 is 0 Å². The van der Waals surface area contributed by atoms with Crippen LogP contribution in [-0.2, 0) is 7.05 Å². The molecule has 0 spiro atoms. The smallest absolute Gasteiger partial charge is 0.271 e. The summed E-state index contributed by atoms with van der Waals surface area (Å²) in [6.45, 7) is 6.96. The van der Waals surface area contributed by atoms with Gasteiger partial charge in [-0.05, 0) is 31.8 Å². The molecule has 0 aliphatic rings. The Balaban J connectivity index is 3.05. The lowest BCUT2D eigenvalue weighted by molar-refractivity contribution is 0.599. The normalized spacial score (nSPS) is 12.7. The summed E-state index contributed by atoms with van der Waals surface area (Å²) in [6, 6.07) is 0.212. The molecule has 0 saturated heterocycles. The van der Waals surface area contributed by atoms with Crippen LogP contribution < -0.4 is 10.5 Å². The Labute approximate surface area is 94.0 Å². The predicted molar refractivity (Wildman–Crippen MR) is 63.3 cm³/mol. The third kappa shape index (κ3) is 2.81. The molecule has 0 aliphatic carbocycles. The van der Waals surface area contributed by atoms with Crippen molar-refractivity contribution in [3.63, 3.8) is 0 Å². The number of nitrogens with zero attached hydrogens (tertiary/aromatic N) is 3. The van der Waals surface area contributed by atoms with Gasteiger partial charge in [-0.2, -0.15) is 0 Å². The maximum atomic E-state index is 11.7. The fourth-order valence-electron chi connectivity index (χ4n) is 1.21. The van der Waals surface area contributed by atoms with E-state index in [1.165, 1.54) is 11.5 Å². The zero-order valence-electron chi connectivity index (χ0n) is 9.86. The van der Waals surface area contributed by atoms with E-state index in [0.29, 0.717) is 0 Å². The van der Waals surface area contributed by atoms with Gasteiger partial charge >= 0.3 is 5.69 Å². The number of unbranched alkanes of at least 4 members (excludes halogenated alkanes) is 1. The molecule has 15 heavy (non-hydrogen) atoms. The third-order valence-corrected chi connectivity index (χ3v) is 3.51. The standard InChI is InChI=1S/C10H19N3OS/c1-5-6-7-11-9-12(4)10(14)13(15-9)8(2)3/h8H,5-7H2,1-4H3. The molecule has 5 heteroatoms. The average Bonchev–Trinajstić information content (AvgIpc) is 2.46. The van der Waals surface area contributed by atoms with Gasteiger partial charge in [0.2, 0.25) is 4.80 Å². The molecular weight excluding hydrogens is 210 g/mol. The molecule has 1 aromatic heterocycles. The van der Waals surface area contributed by atoms with Gasteiger partial charge in [-0.1, -0.05) is 13.3 Å². The van der Waals surface area contributed by atoms with Gasteiger partial charge in [0, 0.05) is 19.6 Å². The van der Waals surface area contributed by atoms with Gasteiger partial charge in [-0.15, -0.1) is 0 Å². The minimum absolute atomic E-state index is 0.0326. The van der Waals surface area contributed by atoms with Crippen LogP contribution in [-0.4, -0.2) is 15.1 Å². The first-order valence-electron chi connectivity index (χ1n) is 5.37.